The van der Waals surface area contributed by atoms with Gasteiger partial charge < -0.3 is 5.73 Å². The van der Waals surface area contributed by atoms with Gasteiger partial charge in [-0.05, 0) is 30.7 Å². The van der Waals surface area contributed by atoms with E-state index in [2.05, 4.69) is 20.9 Å². The second-order valence-electron chi connectivity index (χ2n) is 3.65. The molecule has 0 saturated carbocycles. The Kier molecular flexibility index (Phi) is 3.36. The number of aromatic nitrogens is 1. The van der Waals surface area contributed by atoms with E-state index >= 15 is 0 Å². The minimum atomic E-state index is 0.541. The molecule has 0 aliphatic heterocycles. The number of pyridine rings is 1. The molecule has 0 spiro atoms. The van der Waals surface area contributed by atoms with Crippen molar-refractivity contribution in [1.29, 1.82) is 0 Å². The maximum atomic E-state index is 5.61. The summed E-state index contributed by atoms with van der Waals surface area (Å²) in [5, 5.41) is 0. The Balaban J connectivity index is 2.41. The molecule has 2 nitrogen and oxygen atoms in total. The lowest BCUT2D eigenvalue weighted by atomic mass is 10.1. The highest BCUT2D eigenvalue weighted by Crippen LogP contribution is 2.21. The van der Waals surface area contributed by atoms with Crippen molar-refractivity contribution in [2.75, 3.05) is 0 Å². The van der Waals surface area contributed by atoms with Crippen molar-refractivity contribution in [2.24, 2.45) is 5.73 Å². The predicted octanol–water partition coefficient (Wildman–Crippen LogP) is 3.28. The molecular weight excluding hydrogens is 264 g/mol. The maximum Gasteiger partial charge on any atom is 0.0705 e. The predicted molar refractivity (Wildman–Crippen MR) is 70.0 cm³/mol. The quantitative estimate of drug-likeness (QED) is 0.914. The van der Waals surface area contributed by atoms with Crippen LogP contribution < -0.4 is 5.73 Å². The van der Waals surface area contributed by atoms with Crippen molar-refractivity contribution in [3.05, 3.63) is 52.1 Å². The molecule has 0 aliphatic carbocycles. The molecule has 1 aromatic heterocycles. The van der Waals surface area contributed by atoms with Gasteiger partial charge >= 0.3 is 0 Å². The summed E-state index contributed by atoms with van der Waals surface area (Å²) in [6.07, 6.45) is 0. The SMILES string of the molecule is Cc1nc(-c2ccc(Br)cc2)ccc1CN. The van der Waals surface area contributed by atoms with Crippen LogP contribution in [-0.4, -0.2) is 4.98 Å². The fourth-order valence-electron chi connectivity index (χ4n) is 1.59. The summed E-state index contributed by atoms with van der Waals surface area (Å²) >= 11 is 3.42. The molecule has 16 heavy (non-hydrogen) atoms. The molecule has 3 heteroatoms. The monoisotopic (exact) mass is 276 g/mol. The first-order chi connectivity index (χ1) is 7.70. The molecule has 82 valence electrons. The summed E-state index contributed by atoms with van der Waals surface area (Å²) in [5.74, 6) is 0. The van der Waals surface area contributed by atoms with E-state index in [1.54, 1.807) is 0 Å². The van der Waals surface area contributed by atoms with Gasteiger partial charge in [0.05, 0.1) is 5.69 Å². The molecule has 0 unspecified atom stereocenters. The van der Waals surface area contributed by atoms with Crippen LogP contribution in [0.1, 0.15) is 11.3 Å². The van der Waals surface area contributed by atoms with E-state index in [4.69, 9.17) is 5.73 Å². The molecule has 2 N–H and O–H groups in total. The summed E-state index contributed by atoms with van der Waals surface area (Å²) in [5.41, 5.74) is 9.82. The van der Waals surface area contributed by atoms with Crippen LogP contribution in [0.25, 0.3) is 11.3 Å². The number of nitrogens with two attached hydrogens (primary N) is 1. The topological polar surface area (TPSA) is 38.9 Å². The van der Waals surface area contributed by atoms with Crippen molar-refractivity contribution in [1.82, 2.24) is 4.98 Å². The van der Waals surface area contributed by atoms with Crippen molar-refractivity contribution < 1.29 is 0 Å². The van der Waals surface area contributed by atoms with E-state index in [1.165, 1.54) is 0 Å². The molecule has 1 aromatic carbocycles. The normalized spacial score (nSPS) is 10.4. The Bertz CT molecular complexity index is 492. The van der Waals surface area contributed by atoms with Gasteiger partial charge in [-0.1, -0.05) is 34.1 Å². The molecule has 0 amide bonds. The smallest absolute Gasteiger partial charge is 0.0705 e. The van der Waals surface area contributed by atoms with Gasteiger partial charge in [0.2, 0.25) is 0 Å². The highest BCUT2D eigenvalue weighted by molar-refractivity contribution is 9.10. The molecule has 0 aliphatic rings. The maximum absolute atomic E-state index is 5.61. The number of rotatable bonds is 2. The van der Waals surface area contributed by atoms with E-state index in [0.717, 1.165) is 27.0 Å². The van der Waals surface area contributed by atoms with E-state index in [0.29, 0.717) is 6.54 Å². The Morgan fingerprint density at radius 1 is 1.12 bits per heavy atom. The van der Waals surface area contributed by atoms with Gasteiger partial charge in [0.15, 0.2) is 0 Å². The number of nitrogens with zero attached hydrogens (tertiary/aromatic N) is 1. The standard InChI is InChI=1S/C13H13BrN2/c1-9-11(8-15)4-7-13(16-9)10-2-5-12(14)6-3-10/h2-7H,8,15H2,1H3. The second kappa shape index (κ2) is 4.76. The van der Waals surface area contributed by atoms with E-state index in [9.17, 15) is 0 Å². The summed E-state index contributed by atoms with van der Waals surface area (Å²) in [6, 6.07) is 12.2. The average molecular weight is 277 g/mol. The fourth-order valence-corrected chi connectivity index (χ4v) is 1.85. The van der Waals surface area contributed by atoms with Crippen molar-refractivity contribution in [3.63, 3.8) is 0 Å². The minimum Gasteiger partial charge on any atom is -0.326 e. The van der Waals surface area contributed by atoms with Crippen LogP contribution in [0, 0.1) is 6.92 Å². The molecule has 0 saturated heterocycles. The van der Waals surface area contributed by atoms with Crippen LogP contribution in [0.15, 0.2) is 40.9 Å². The molecule has 2 aromatic rings. The summed E-state index contributed by atoms with van der Waals surface area (Å²) in [4.78, 5) is 4.55. The van der Waals surface area contributed by atoms with Crippen molar-refractivity contribution >= 4 is 15.9 Å². The Morgan fingerprint density at radius 2 is 1.81 bits per heavy atom. The number of aryl methyl sites for hydroxylation is 1. The highest BCUT2D eigenvalue weighted by atomic mass is 79.9. The third-order valence-electron chi connectivity index (χ3n) is 2.56. The zero-order chi connectivity index (χ0) is 11.5. The van der Waals surface area contributed by atoms with Gasteiger partial charge in [-0.3, -0.25) is 4.98 Å². The molecule has 0 fully saturated rings. The first-order valence-corrected chi connectivity index (χ1v) is 5.92. The van der Waals surface area contributed by atoms with Gasteiger partial charge in [-0.25, -0.2) is 0 Å². The highest BCUT2D eigenvalue weighted by Gasteiger charge is 2.02. The number of hydrogen-bond donors (Lipinski definition) is 1. The first kappa shape index (κ1) is 11.3. The van der Waals surface area contributed by atoms with Crippen molar-refractivity contribution in [2.45, 2.75) is 13.5 Å². The molecular formula is C13H13BrN2. The van der Waals surface area contributed by atoms with E-state index in [-0.39, 0.29) is 0 Å². The zero-order valence-corrected chi connectivity index (χ0v) is 10.7. The Hall–Kier alpha value is -1.19. The van der Waals surface area contributed by atoms with Crippen LogP contribution in [0.4, 0.5) is 0 Å². The van der Waals surface area contributed by atoms with Crippen molar-refractivity contribution in [3.8, 4) is 11.3 Å². The lowest BCUT2D eigenvalue weighted by Crippen LogP contribution is -2.01. The third kappa shape index (κ3) is 2.31. The summed E-state index contributed by atoms with van der Waals surface area (Å²) in [6.45, 7) is 2.53. The lowest BCUT2D eigenvalue weighted by molar-refractivity contribution is 1.01. The van der Waals surface area contributed by atoms with Gasteiger partial charge in [0.1, 0.15) is 0 Å². The van der Waals surface area contributed by atoms with Gasteiger partial charge in [0, 0.05) is 22.3 Å². The fraction of sp³-hybridized carbons (Fsp3) is 0.154. The Morgan fingerprint density at radius 3 is 2.38 bits per heavy atom. The first-order valence-electron chi connectivity index (χ1n) is 5.13. The van der Waals surface area contributed by atoms with Crippen LogP contribution in [-0.2, 0) is 6.54 Å². The third-order valence-corrected chi connectivity index (χ3v) is 3.08. The largest absolute Gasteiger partial charge is 0.326 e. The molecule has 0 bridgehead atoms. The molecule has 1 heterocycles. The van der Waals surface area contributed by atoms with Gasteiger partial charge in [-0.2, -0.15) is 0 Å². The molecule has 2 rings (SSSR count). The van der Waals surface area contributed by atoms with Crippen LogP contribution >= 0.6 is 15.9 Å². The average Bonchev–Trinajstić information content (AvgIpc) is 2.30. The summed E-state index contributed by atoms with van der Waals surface area (Å²) in [7, 11) is 0. The number of benzene rings is 1. The minimum absolute atomic E-state index is 0.541. The molecule has 0 radical (unpaired) electrons. The number of halogens is 1. The number of hydrogen-bond acceptors (Lipinski definition) is 2. The zero-order valence-electron chi connectivity index (χ0n) is 9.07. The second-order valence-corrected chi connectivity index (χ2v) is 4.57. The molecule has 0 atom stereocenters. The Labute approximate surface area is 104 Å². The van der Waals surface area contributed by atoms with Crippen LogP contribution in [0.3, 0.4) is 0 Å². The van der Waals surface area contributed by atoms with E-state index in [1.807, 2.05) is 43.3 Å². The van der Waals surface area contributed by atoms with Gasteiger partial charge in [0.25, 0.3) is 0 Å². The van der Waals surface area contributed by atoms with Crippen LogP contribution in [0.5, 0.6) is 0 Å². The van der Waals surface area contributed by atoms with Gasteiger partial charge in [-0.15, -0.1) is 0 Å². The van der Waals surface area contributed by atoms with Crippen LogP contribution in [0.2, 0.25) is 0 Å². The summed E-state index contributed by atoms with van der Waals surface area (Å²) < 4.78 is 1.08. The van der Waals surface area contributed by atoms with E-state index < -0.39 is 0 Å². The lowest BCUT2D eigenvalue weighted by Gasteiger charge is -2.06.